The predicted octanol–water partition coefficient (Wildman–Crippen LogP) is 2.39. The average molecular weight is 290 g/mol. The highest BCUT2D eigenvalue weighted by Gasteiger charge is 2.40. The van der Waals surface area contributed by atoms with E-state index in [2.05, 4.69) is 24.2 Å². The molecular weight excluding hydrogens is 272 g/mol. The summed E-state index contributed by atoms with van der Waals surface area (Å²) in [6.07, 6.45) is 4.39. The minimum atomic E-state index is -2.92. The van der Waals surface area contributed by atoms with Gasteiger partial charge < -0.3 is 0 Å². The lowest BCUT2D eigenvalue weighted by Gasteiger charge is -2.22. The van der Waals surface area contributed by atoms with Gasteiger partial charge in [0.2, 0.25) is 0 Å². The van der Waals surface area contributed by atoms with Gasteiger partial charge in [0.1, 0.15) is 0 Å². The molecule has 2 aromatic rings. The van der Waals surface area contributed by atoms with Crippen molar-refractivity contribution >= 4 is 9.84 Å². The van der Waals surface area contributed by atoms with E-state index in [1.54, 1.807) is 0 Å². The molecule has 1 atom stereocenters. The van der Waals surface area contributed by atoms with Crippen molar-refractivity contribution in [3.63, 3.8) is 0 Å². The molecule has 1 fully saturated rings. The standard InChI is InChI=1S/C15H18N2O2S/c1-12-4-3-5-13(8-12)14-9-16-17(10-14)15(2)6-7-20(18,19)11-15/h3-5,8-10H,6-7,11H2,1-2H3. The molecule has 106 valence electrons. The Morgan fingerprint density at radius 1 is 1.30 bits per heavy atom. The summed E-state index contributed by atoms with van der Waals surface area (Å²) in [7, 11) is -2.92. The highest BCUT2D eigenvalue weighted by molar-refractivity contribution is 7.91. The van der Waals surface area contributed by atoms with Gasteiger partial charge in [-0.05, 0) is 25.8 Å². The van der Waals surface area contributed by atoms with Crippen LogP contribution in [0.25, 0.3) is 11.1 Å². The third-order valence-corrected chi connectivity index (χ3v) is 5.86. The van der Waals surface area contributed by atoms with Crippen LogP contribution >= 0.6 is 0 Å². The van der Waals surface area contributed by atoms with Crippen LogP contribution in [0, 0.1) is 6.92 Å². The molecular formula is C15H18N2O2S. The Hall–Kier alpha value is -1.62. The summed E-state index contributed by atoms with van der Waals surface area (Å²) in [6.45, 7) is 4.02. The number of hydrogen-bond donors (Lipinski definition) is 0. The molecule has 20 heavy (non-hydrogen) atoms. The van der Waals surface area contributed by atoms with Crippen LogP contribution in [0.15, 0.2) is 36.7 Å². The van der Waals surface area contributed by atoms with Crippen LogP contribution in [0.3, 0.4) is 0 Å². The zero-order valence-corrected chi connectivity index (χ0v) is 12.5. The van der Waals surface area contributed by atoms with Crippen molar-refractivity contribution in [3.8, 4) is 11.1 Å². The van der Waals surface area contributed by atoms with Crippen LogP contribution in [0.4, 0.5) is 0 Å². The first-order valence-corrected chi connectivity index (χ1v) is 8.53. The average Bonchev–Trinajstić information content (AvgIpc) is 2.95. The zero-order valence-electron chi connectivity index (χ0n) is 11.7. The van der Waals surface area contributed by atoms with Gasteiger partial charge >= 0.3 is 0 Å². The van der Waals surface area contributed by atoms with Crippen LogP contribution in [-0.4, -0.2) is 29.7 Å². The fourth-order valence-electron chi connectivity index (χ4n) is 2.77. The molecule has 1 aromatic heterocycles. The lowest BCUT2D eigenvalue weighted by Crippen LogP contribution is -2.31. The van der Waals surface area contributed by atoms with E-state index in [0.717, 1.165) is 11.1 Å². The largest absolute Gasteiger partial charge is 0.265 e. The Bertz CT molecular complexity index is 749. The quantitative estimate of drug-likeness (QED) is 0.853. The second-order valence-corrected chi connectivity index (χ2v) is 8.07. The van der Waals surface area contributed by atoms with Gasteiger partial charge in [-0.15, -0.1) is 0 Å². The number of nitrogens with zero attached hydrogens (tertiary/aromatic N) is 2. The molecule has 4 nitrogen and oxygen atoms in total. The van der Waals surface area contributed by atoms with E-state index >= 15 is 0 Å². The molecule has 3 rings (SSSR count). The van der Waals surface area contributed by atoms with E-state index < -0.39 is 15.4 Å². The first kappa shape index (κ1) is 13.4. The second-order valence-electron chi connectivity index (χ2n) is 5.88. The second kappa shape index (κ2) is 4.45. The van der Waals surface area contributed by atoms with Gasteiger partial charge in [0.15, 0.2) is 9.84 Å². The summed E-state index contributed by atoms with van der Waals surface area (Å²) in [5.74, 6) is 0.429. The van der Waals surface area contributed by atoms with Crippen LogP contribution in [0.5, 0.6) is 0 Å². The zero-order chi connectivity index (χ0) is 14.4. The first-order valence-electron chi connectivity index (χ1n) is 6.71. The Labute approximate surface area is 119 Å². The Morgan fingerprint density at radius 2 is 2.10 bits per heavy atom. The van der Waals surface area contributed by atoms with E-state index in [-0.39, 0.29) is 11.5 Å². The fraction of sp³-hybridized carbons (Fsp3) is 0.400. The molecule has 1 unspecified atom stereocenters. The van der Waals surface area contributed by atoms with Crippen molar-refractivity contribution in [2.45, 2.75) is 25.8 Å². The highest BCUT2D eigenvalue weighted by Crippen LogP contribution is 2.31. The van der Waals surface area contributed by atoms with Gasteiger partial charge in [-0.2, -0.15) is 5.10 Å². The third kappa shape index (κ3) is 2.38. The van der Waals surface area contributed by atoms with Crippen molar-refractivity contribution in [3.05, 3.63) is 42.2 Å². The maximum Gasteiger partial charge on any atom is 0.152 e. The molecule has 1 aliphatic heterocycles. The molecule has 2 heterocycles. The van der Waals surface area contributed by atoms with E-state index in [1.807, 2.05) is 36.1 Å². The summed E-state index contributed by atoms with van der Waals surface area (Å²) < 4.78 is 25.2. The lowest BCUT2D eigenvalue weighted by molar-refractivity contribution is 0.328. The Balaban J connectivity index is 1.95. The molecule has 0 aliphatic carbocycles. The summed E-state index contributed by atoms with van der Waals surface area (Å²) in [6, 6.07) is 8.22. The van der Waals surface area contributed by atoms with Gasteiger partial charge in [0.05, 0.1) is 23.2 Å². The highest BCUT2D eigenvalue weighted by atomic mass is 32.2. The van der Waals surface area contributed by atoms with Crippen molar-refractivity contribution < 1.29 is 8.42 Å². The van der Waals surface area contributed by atoms with Crippen molar-refractivity contribution in [2.24, 2.45) is 0 Å². The smallest absolute Gasteiger partial charge is 0.152 e. The minimum Gasteiger partial charge on any atom is -0.265 e. The summed E-state index contributed by atoms with van der Waals surface area (Å²) in [5.41, 5.74) is 2.92. The molecule has 0 N–H and O–H groups in total. The van der Waals surface area contributed by atoms with E-state index in [1.165, 1.54) is 5.56 Å². The van der Waals surface area contributed by atoms with Crippen LogP contribution in [0.2, 0.25) is 0 Å². The van der Waals surface area contributed by atoms with E-state index in [9.17, 15) is 8.42 Å². The van der Waals surface area contributed by atoms with Crippen LogP contribution < -0.4 is 0 Å². The Morgan fingerprint density at radius 3 is 2.75 bits per heavy atom. The molecule has 1 aliphatic rings. The van der Waals surface area contributed by atoms with Crippen molar-refractivity contribution in [1.29, 1.82) is 0 Å². The number of aromatic nitrogens is 2. The fourth-order valence-corrected chi connectivity index (χ4v) is 4.89. The SMILES string of the molecule is Cc1cccc(-c2cnn(C3(C)CCS(=O)(=O)C3)c2)c1. The third-order valence-electron chi connectivity index (χ3n) is 3.97. The first-order chi connectivity index (χ1) is 9.38. The molecule has 0 amide bonds. The van der Waals surface area contributed by atoms with Crippen molar-refractivity contribution in [1.82, 2.24) is 9.78 Å². The van der Waals surface area contributed by atoms with E-state index in [0.29, 0.717) is 6.42 Å². The number of aryl methyl sites for hydroxylation is 1. The van der Waals surface area contributed by atoms with Crippen molar-refractivity contribution in [2.75, 3.05) is 11.5 Å². The molecule has 0 spiro atoms. The van der Waals surface area contributed by atoms with Gasteiger partial charge in [0, 0.05) is 11.8 Å². The summed E-state index contributed by atoms with van der Waals surface area (Å²) in [4.78, 5) is 0. The van der Waals surface area contributed by atoms with Gasteiger partial charge in [-0.25, -0.2) is 8.42 Å². The van der Waals surface area contributed by atoms with Crippen LogP contribution in [0.1, 0.15) is 18.9 Å². The van der Waals surface area contributed by atoms with Gasteiger partial charge in [-0.3, -0.25) is 4.68 Å². The lowest BCUT2D eigenvalue weighted by atomic mass is 10.0. The molecule has 5 heteroatoms. The maximum atomic E-state index is 11.7. The predicted molar refractivity (Wildman–Crippen MR) is 79.3 cm³/mol. The Kier molecular flexibility index (Phi) is 2.97. The maximum absolute atomic E-state index is 11.7. The molecule has 0 bridgehead atoms. The number of rotatable bonds is 2. The molecule has 1 aromatic carbocycles. The number of hydrogen-bond acceptors (Lipinski definition) is 3. The molecule has 0 saturated carbocycles. The van der Waals surface area contributed by atoms with E-state index in [4.69, 9.17) is 0 Å². The van der Waals surface area contributed by atoms with Gasteiger partial charge in [0.25, 0.3) is 0 Å². The molecule has 1 saturated heterocycles. The summed E-state index contributed by atoms with van der Waals surface area (Å²) >= 11 is 0. The van der Waals surface area contributed by atoms with Gasteiger partial charge in [-0.1, -0.05) is 29.8 Å². The number of sulfone groups is 1. The number of benzene rings is 1. The summed E-state index contributed by atoms with van der Waals surface area (Å²) in [5, 5.41) is 4.39. The normalized spacial score (nSPS) is 24.9. The minimum absolute atomic E-state index is 0.176. The van der Waals surface area contributed by atoms with Crippen LogP contribution in [-0.2, 0) is 15.4 Å². The monoisotopic (exact) mass is 290 g/mol. The topological polar surface area (TPSA) is 52.0 Å². The molecule has 0 radical (unpaired) electrons.